The molecule has 0 unspecified atom stereocenters. The Balaban J connectivity index is 1.62. The van der Waals surface area contributed by atoms with Crippen LogP contribution in [0, 0.1) is 6.92 Å². The van der Waals surface area contributed by atoms with E-state index in [0.29, 0.717) is 43.4 Å². The minimum atomic E-state index is -1.05. The molecule has 47 heavy (non-hydrogen) atoms. The Morgan fingerprint density at radius 3 is 2.51 bits per heavy atom. The number of carbonyl (C=O) groups excluding carboxylic acids is 2. The molecule has 0 saturated carbocycles. The Bertz CT molecular complexity index is 2090. The second kappa shape index (κ2) is 13.9. The molecule has 1 aliphatic rings. The number of esters is 2. The summed E-state index contributed by atoms with van der Waals surface area (Å²) >= 11 is 1.13. The topological polar surface area (TPSA) is 156 Å². The van der Waals surface area contributed by atoms with Gasteiger partial charge < -0.3 is 28.5 Å². The summed E-state index contributed by atoms with van der Waals surface area (Å²) in [6, 6.07) is 12.2. The number of hydrogen-bond acceptors (Lipinski definition) is 11. The van der Waals surface area contributed by atoms with Gasteiger partial charge in [-0.3, -0.25) is 9.36 Å². The molecule has 1 N–H and O–H groups in total. The van der Waals surface area contributed by atoms with Gasteiger partial charge >= 0.3 is 17.9 Å². The molecule has 12 nitrogen and oxygen atoms in total. The molecule has 0 saturated heterocycles. The predicted molar refractivity (Wildman–Crippen MR) is 171 cm³/mol. The van der Waals surface area contributed by atoms with Gasteiger partial charge in [-0.2, -0.15) is 0 Å². The fourth-order valence-electron chi connectivity index (χ4n) is 5.11. The maximum absolute atomic E-state index is 14.1. The number of aromatic nitrogens is 1. The van der Waals surface area contributed by atoms with E-state index in [0.717, 1.165) is 16.9 Å². The number of carboxylic acid groups (broad SMARTS) is 1. The Hall–Kier alpha value is -5.43. The van der Waals surface area contributed by atoms with E-state index >= 15 is 0 Å². The molecule has 5 rings (SSSR count). The van der Waals surface area contributed by atoms with Crippen LogP contribution in [0.2, 0.25) is 0 Å². The third-order valence-electron chi connectivity index (χ3n) is 7.32. The number of rotatable bonds is 11. The van der Waals surface area contributed by atoms with Crippen LogP contribution < -0.4 is 24.4 Å². The zero-order valence-corrected chi connectivity index (χ0v) is 27.1. The third kappa shape index (κ3) is 6.75. The van der Waals surface area contributed by atoms with Crippen molar-refractivity contribution in [1.82, 2.24) is 4.57 Å². The van der Waals surface area contributed by atoms with Crippen molar-refractivity contribution in [1.29, 1.82) is 0 Å². The van der Waals surface area contributed by atoms with Crippen molar-refractivity contribution in [2.24, 2.45) is 4.99 Å². The van der Waals surface area contributed by atoms with E-state index in [-0.39, 0.29) is 36.7 Å². The molecule has 1 atom stereocenters. The Morgan fingerprint density at radius 1 is 1.02 bits per heavy atom. The van der Waals surface area contributed by atoms with Gasteiger partial charge in [0.2, 0.25) is 0 Å². The summed E-state index contributed by atoms with van der Waals surface area (Å²) < 4.78 is 29.2. The van der Waals surface area contributed by atoms with Gasteiger partial charge in [0.25, 0.3) is 5.56 Å². The number of aromatic carboxylic acids is 1. The molecule has 13 heteroatoms. The van der Waals surface area contributed by atoms with Gasteiger partial charge in [-0.15, -0.1) is 0 Å². The number of carboxylic acids is 1. The second-order valence-electron chi connectivity index (χ2n) is 10.3. The second-order valence-corrected chi connectivity index (χ2v) is 11.4. The number of carbonyl (C=O) groups is 3. The molecule has 0 fully saturated rings. The van der Waals surface area contributed by atoms with Gasteiger partial charge in [-0.1, -0.05) is 23.5 Å². The average molecular weight is 661 g/mol. The van der Waals surface area contributed by atoms with Crippen molar-refractivity contribution in [2.75, 3.05) is 26.9 Å². The highest BCUT2D eigenvalue weighted by atomic mass is 32.1. The van der Waals surface area contributed by atoms with E-state index in [9.17, 15) is 24.3 Å². The fourth-order valence-corrected chi connectivity index (χ4v) is 6.14. The number of thiazole rings is 1. The summed E-state index contributed by atoms with van der Waals surface area (Å²) in [5, 5.41) is 9.43. The van der Waals surface area contributed by atoms with Crippen molar-refractivity contribution >= 4 is 35.3 Å². The van der Waals surface area contributed by atoms with Crippen LogP contribution in [0.5, 0.6) is 11.5 Å². The monoisotopic (exact) mass is 660 g/mol. The van der Waals surface area contributed by atoms with Gasteiger partial charge in [-0.05, 0) is 75.2 Å². The smallest absolute Gasteiger partial charge is 0.343 e. The first-order chi connectivity index (χ1) is 22.6. The molecule has 4 aromatic rings. The lowest BCUT2D eigenvalue weighted by atomic mass is 9.95. The lowest BCUT2D eigenvalue weighted by Crippen LogP contribution is -2.40. The van der Waals surface area contributed by atoms with Gasteiger partial charge in [-0.25, -0.2) is 19.4 Å². The van der Waals surface area contributed by atoms with E-state index in [1.807, 2.05) is 6.92 Å². The molecule has 0 spiro atoms. The number of ether oxygens (including phenoxy) is 4. The van der Waals surface area contributed by atoms with Crippen molar-refractivity contribution in [3.05, 3.63) is 102 Å². The summed E-state index contributed by atoms with van der Waals surface area (Å²) in [6.07, 6.45) is 1.58. The molecule has 1 aliphatic heterocycles. The van der Waals surface area contributed by atoms with E-state index < -0.39 is 29.5 Å². The first-order valence-electron chi connectivity index (χ1n) is 14.7. The van der Waals surface area contributed by atoms with E-state index in [2.05, 4.69) is 9.73 Å². The molecule has 2 aromatic heterocycles. The minimum absolute atomic E-state index is 0.118. The summed E-state index contributed by atoms with van der Waals surface area (Å²) in [5.74, 6) is -0.840. The average Bonchev–Trinajstić information content (AvgIpc) is 3.63. The van der Waals surface area contributed by atoms with Gasteiger partial charge in [0.05, 0.1) is 47.7 Å². The van der Waals surface area contributed by atoms with E-state index in [4.69, 9.17) is 18.6 Å². The lowest BCUT2D eigenvalue weighted by Gasteiger charge is -2.25. The maximum Gasteiger partial charge on any atom is 0.343 e. The highest BCUT2D eigenvalue weighted by Crippen LogP contribution is 2.36. The van der Waals surface area contributed by atoms with Crippen molar-refractivity contribution in [3.63, 3.8) is 0 Å². The van der Waals surface area contributed by atoms with Crippen LogP contribution in [-0.4, -0.2) is 54.5 Å². The van der Waals surface area contributed by atoms with E-state index in [1.165, 1.54) is 23.8 Å². The Labute approximate surface area is 272 Å². The molecule has 0 bridgehead atoms. The number of aryl methyl sites for hydroxylation is 1. The fraction of sp³-hybridized carbons (Fsp3) is 0.265. The maximum atomic E-state index is 14.1. The number of benzene rings is 2. The molecular weight excluding hydrogens is 628 g/mol. The third-order valence-corrected chi connectivity index (χ3v) is 8.31. The molecular formula is C34H32N2O10S. The number of nitrogens with zero attached hydrogens (tertiary/aromatic N) is 2. The highest BCUT2D eigenvalue weighted by Gasteiger charge is 2.34. The molecule has 0 amide bonds. The number of hydrogen-bond donors (Lipinski definition) is 1. The zero-order valence-electron chi connectivity index (χ0n) is 26.3. The Morgan fingerprint density at radius 2 is 1.81 bits per heavy atom. The molecule has 0 radical (unpaired) electrons. The molecule has 2 aromatic carbocycles. The minimum Gasteiger partial charge on any atom is -0.490 e. The summed E-state index contributed by atoms with van der Waals surface area (Å²) in [4.78, 5) is 55.6. The van der Waals surface area contributed by atoms with Gasteiger partial charge in [0, 0.05) is 11.6 Å². The molecule has 3 heterocycles. The first-order valence-corrected chi connectivity index (χ1v) is 15.5. The standard InChI is InChI=1S/C34H32N2O10S/c1-6-43-26-15-20(10-12-25(26)45-17-28(37)42-5)30-29(33(41)44-7-2)19(4)35-34-36(30)31(38)27(47-34)16-22-11-13-24(46-22)23-14-21(32(39)40)9-8-18(23)3/h8-16,30H,6-7,17H2,1-5H3,(H,39,40)/b27-16-/t30-/m1/s1. The van der Waals surface area contributed by atoms with Crippen LogP contribution in [0.3, 0.4) is 0 Å². The number of furan rings is 1. The van der Waals surface area contributed by atoms with Crippen molar-refractivity contribution < 1.29 is 42.9 Å². The van der Waals surface area contributed by atoms with Crippen LogP contribution in [0.15, 0.2) is 74.0 Å². The zero-order chi connectivity index (χ0) is 33.8. The van der Waals surface area contributed by atoms with Crippen molar-refractivity contribution in [3.8, 4) is 22.8 Å². The largest absolute Gasteiger partial charge is 0.490 e. The van der Waals surface area contributed by atoms with Crippen LogP contribution in [0.4, 0.5) is 0 Å². The summed E-state index contributed by atoms with van der Waals surface area (Å²) in [6.45, 7) is 7.07. The van der Waals surface area contributed by atoms with Crippen molar-refractivity contribution in [2.45, 2.75) is 33.7 Å². The van der Waals surface area contributed by atoms with Gasteiger partial charge in [0.15, 0.2) is 22.9 Å². The van der Waals surface area contributed by atoms with Crippen LogP contribution in [0.25, 0.3) is 17.4 Å². The van der Waals surface area contributed by atoms with Crippen LogP contribution >= 0.6 is 11.3 Å². The normalized spacial score (nSPS) is 14.3. The quantitative estimate of drug-likeness (QED) is 0.233. The first kappa shape index (κ1) is 32.9. The van der Waals surface area contributed by atoms with Gasteiger partial charge in [0.1, 0.15) is 11.5 Å². The lowest BCUT2D eigenvalue weighted by molar-refractivity contribution is -0.143. The predicted octanol–water partition coefficient (Wildman–Crippen LogP) is 4.02. The number of methoxy groups -OCH3 is 1. The summed E-state index contributed by atoms with van der Waals surface area (Å²) in [5.41, 5.74) is 2.25. The van der Waals surface area contributed by atoms with Crippen LogP contribution in [-0.2, 0) is 19.1 Å². The number of allylic oxidation sites excluding steroid dienone is 1. The SMILES string of the molecule is CCOC(=O)C1=C(C)N=c2s/c(=C\c3ccc(-c4cc(C(=O)O)ccc4C)o3)c(=O)n2[C@@H]1c1ccc(OCC(=O)OC)c(OCC)c1. The molecule has 0 aliphatic carbocycles. The highest BCUT2D eigenvalue weighted by molar-refractivity contribution is 7.07. The Kier molecular flexibility index (Phi) is 9.75. The van der Waals surface area contributed by atoms with E-state index in [1.54, 1.807) is 63.2 Å². The van der Waals surface area contributed by atoms with Crippen LogP contribution in [0.1, 0.15) is 54.1 Å². The summed E-state index contributed by atoms with van der Waals surface area (Å²) in [7, 11) is 1.26. The molecule has 244 valence electrons. The number of fused-ring (bicyclic) bond motifs is 1.